The van der Waals surface area contributed by atoms with Crippen molar-refractivity contribution in [3.05, 3.63) is 0 Å². The van der Waals surface area contributed by atoms with Gasteiger partial charge < -0.3 is 21.1 Å². The van der Waals surface area contributed by atoms with Crippen LogP contribution in [0.25, 0.3) is 0 Å². The van der Waals surface area contributed by atoms with Crippen molar-refractivity contribution in [2.24, 2.45) is 16.6 Å². The number of hydrogen-bond donors (Lipinski definition) is 3. The Morgan fingerprint density at radius 2 is 1.90 bits per heavy atom. The predicted molar refractivity (Wildman–Crippen MR) is 96.1 cm³/mol. The van der Waals surface area contributed by atoms with Crippen LogP contribution in [0.3, 0.4) is 0 Å². The van der Waals surface area contributed by atoms with Crippen LogP contribution in [0.2, 0.25) is 0 Å². The number of aliphatic imine (C=N–C) groups is 1. The second-order valence-electron chi connectivity index (χ2n) is 6.62. The molecule has 0 aliphatic heterocycles. The van der Waals surface area contributed by atoms with E-state index in [2.05, 4.69) is 15.6 Å². The maximum Gasteiger partial charge on any atom is 0.407 e. The molecule has 0 saturated heterocycles. The van der Waals surface area contributed by atoms with Crippen LogP contribution in [0.15, 0.2) is 4.99 Å². The molecule has 0 bridgehead atoms. The Labute approximate surface area is 144 Å². The highest BCUT2D eigenvalue weighted by Crippen LogP contribution is 2.32. The summed E-state index contributed by atoms with van der Waals surface area (Å²) in [6, 6.07) is 0.245. The van der Waals surface area contributed by atoms with Gasteiger partial charge in [0, 0.05) is 6.04 Å². The molecule has 0 spiro atoms. The third-order valence-electron chi connectivity index (χ3n) is 2.79. The van der Waals surface area contributed by atoms with Crippen molar-refractivity contribution in [3.63, 3.8) is 0 Å². The Balaban J connectivity index is 0.00000400. The third kappa shape index (κ3) is 9.76. The second-order valence-corrected chi connectivity index (χ2v) is 6.62. The standard InChI is InChI=1S/C14H28N4O2.HI/c1-9(2)17-12(15)16-8-11(10-6-7-10)18-13(19)20-14(3,4)5;/h9-11H,6-8H2,1-5H3,(H,18,19)(H3,15,16,17);1H. The van der Waals surface area contributed by atoms with E-state index in [0.29, 0.717) is 18.4 Å². The monoisotopic (exact) mass is 412 g/mol. The van der Waals surface area contributed by atoms with Crippen LogP contribution in [-0.2, 0) is 4.74 Å². The molecule has 1 amide bonds. The number of ether oxygens (including phenoxy) is 1. The minimum absolute atomic E-state index is 0. The first kappa shape index (κ1) is 20.3. The summed E-state index contributed by atoms with van der Waals surface area (Å²) in [6.45, 7) is 10.0. The van der Waals surface area contributed by atoms with E-state index in [1.165, 1.54) is 0 Å². The number of carbonyl (C=O) groups excluding carboxylic acids is 1. The number of hydrogen-bond acceptors (Lipinski definition) is 3. The van der Waals surface area contributed by atoms with E-state index in [1.807, 2.05) is 34.6 Å². The lowest BCUT2D eigenvalue weighted by Crippen LogP contribution is -2.43. The van der Waals surface area contributed by atoms with E-state index in [9.17, 15) is 4.79 Å². The predicted octanol–water partition coefficient (Wildman–Crippen LogP) is 2.22. The number of rotatable bonds is 5. The maximum atomic E-state index is 11.8. The molecule has 1 aliphatic rings. The zero-order valence-corrected chi connectivity index (χ0v) is 15.9. The summed E-state index contributed by atoms with van der Waals surface area (Å²) in [6.07, 6.45) is 1.85. The summed E-state index contributed by atoms with van der Waals surface area (Å²) in [5, 5.41) is 5.93. The van der Waals surface area contributed by atoms with Crippen molar-refractivity contribution in [1.82, 2.24) is 10.6 Å². The molecule has 4 N–H and O–H groups in total. The SMILES string of the molecule is CC(C)NC(N)=NCC(NC(=O)OC(C)(C)C)C1CC1.I. The van der Waals surface area contributed by atoms with Crippen LogP contribution in [0.1, 0.15) is 47.5 Å². The quantitative estimate of drug-likeness (QED) is 0.367. The fraction of sp³-hybridized carbons (Fsp3) is 0.857. The van der Waals surface area contributed by atoms with Gasteiger partial charge in [0.15, 0.2) is 5.96 Å². The van der Waals surface area contributed by atoms with Gasteiger partial charge in [-0.15, -0.1) is 24.0 Å². The van der Waals surface area contributed by atoms with Crippen molar-refractivity contribution in [2.45, 2.75) is 65.1 Å². The fourth-order valence-electron chi connectivity index (χ4n) is 1.81. The molecule has 0 aromatic carbocycles. The van der Waals surface area contributed by atoms with Gasteiger partial charge >= 0.3 is 6.09 Å². The van der Waals surface area contributed by atoms with Gasteiger partial charge in [-0.2, -0.15) is 0 Å². The van der Waals surface area contributed by atoms with Crippen molar-refractivity contribution in [1.29, 1.82) is 0 Å². The van der Waals surface area contributed by atoms with E-state index in [0.717, 1.165) is 12.8 Å². The molecular formula is C14H29IN4O2. The van der Waals surface area contributed by atoms with Crippen molar-refractivity contribution in [3.8, 4) is 0 Å². The molecule has 124 valence electrons. The number of carbonyl (C=O) groups is 1. The van der Waals surface area contributed by atoms with Gasteiger partial charge in [0.25, 0.3) is 0 Å². The van der Waals surface area contributed by atoms with Gasteiger partial charge in [0.2, 0.25) is 0 Å². The van der Waals surface area contributed by atoms with E-state index < -0.39 is 5.60 Å². The van der Waals surface area contributed by atoms with Gasteiger partial charge in [0.05, 0.1) is 12.6 Å². The molecule has 0 aromatic heterocycles. The summed E-state index contributed by atoms with van der Waals surface area (Å²) >= 11 is 0. The average molecular weight is 412 g/mol. The Kier molecular flexibility index (Phi) is 8.35. The van der Waals surface area contributed by atoms with Crippen molar-refractivity contribution in [2.75, 3.05) is 6.54 Å². The first-order valence-corrected chi connectivity index (χ1v) is 7.23. The third-order valence-corrected chi connectivity index (χ3v) is 2.79. The molecule has 7 heteroatoms. The summed E-state index contributed by atoms with van der Waals surface area (Å²) < 4.78 is 5.27. The largest absolute Gasteiger partial charge is 0.444 e. The molecule has 0 aromatic rings. The number of guanidine groups is 1. The van der Waals surface area contributed by atoms with Crippen LogP contribution in [0, 0.1) is 5.92 Å². The fourth-order valence-corrected chi connectivity index (χ4v) is 1.81. The lowest BCUT2D eigenvalue weighted by Gasteiger charge is -2.23. The molecule has 21 heavy (non-hydrogen) atoms. The lowest BCUT2D eigenvalue weighted by molar-refractivity contribution is 0.0500. The maximum absolute atomic E-state index is 11.8. The zero-order chi connectivity index (χ0) is 15.3. The van der Waals surface area contributed by atoms with E-state index in [4.69, 9.17) is 10.5 Å². The number of nitrogens with two attached hydrogens (primary N) is 1. The minimum atomic E-state index is -0.486. The van der Waals surface area contributed by atoms with Crippen molar-refractivity contribution < 1.29 is 9.53 Å². The molecule has 1 unspecified atom stereocenters. The summed E-state index contributed by atoms with van der Waals surface area (Å²) in [5.41, 5.74) is 5.28. The number of alkyl carbamates (subject to hydrolysis) is 1. The molecule has 0 radical (unpaired) electrons. The molecule has 1 saturated carbocycles. The average Bonchev–Trinajstić information content (AvgIpc) is 3.03. The smallest absolute Gasteiger partial charge is 0.407 e. The van der Waals surface area contributed by atoms with Gasteiger partial charge in [-0.3, -0.25) is 4.99 Å². The molecule has 1 fully saturated rings. The number of nitrogens with one attached hydrogen (secondary N) is 2. The highest BCUT2D eigenvalue weighted by molar-refractivity contribution is 14.0. The van der Waals surface area contributed by atoms with Crippen molar-refractivity contribution >= 4 is 36.0 Å². The Bertz CT molecular complexity index is 362. The number of halogens is 1. The van der Waals surface area contributed by atoms with Gasteiger partial charge in [-0.25, -0.2) is 4.79 Å². The van der Waals surface area contributed by atoms with E-state index in [1.54, 1.807) is 0 Å². The summed E-state index contributed by atoms with van der Waals surface area (Å²) in [5.74, 6) is 0.898. The lowest BCUT2D eigenvalue weighted by atomic mass is 10.2. The first-order chi connectivity index (χ1) is 9.17. The molecule has 1 atom stereocenters. The Hall–Kier alpha value is -0.730. The van der Waals surface area contributed by atoms with Crippen LogP contribution in [0.5, 0.6) is 0 Å². The van der Waals surface area contributed by atoms with Crippen LogP contribution in [-0.4, -0.2) is 36.3 Å². The van der Waals surface area contributed by atoms with Crippen LogP contribution >= 0.6 is 24.0 Å². The van der Waals surface area contributed by atoms with Gasteiger partial charge in [-0.1, -0.05) is 0 Å². The summed E-state index contributed by atoms with van der Waals surface area (Å²) in [7, 11) is 0. The van der Waals surface area contributed by atoms with Crippen LogP contribution < -0.4 is 16.4 Å². The first-order valence-electron chi connectivity index (χ1n) is 7.23. The molecular weight excluding hydrogens is 383 g/mol. The second kappa shape index (κ2) is 8.65. The van der Waals surface area contributed by atoms with E-state index in [-0.39, 0.29) is 42.2 Å². The minimum Gasteiger partial charge on any atom is -0.444 e. The van der Waals surface area contributed by atoms with Gasteiger partial charge in [0.1, 0.15) is 5.60 Å². The summed E-state index contributed by atoms with van der Waals surface area (Å²) in [4.78, 5) is 16.1. The molecule has 1 rings (SSSR count). The number of amides is 1. The number of nitrogens with zero attached hydrogens (tertiary/aromatic N) is 1. The topological polar surface area (TPSA) is 88.7 Å². The Morgan fingerprint density at radius 3 is 2.33 bits per heavy atom. The molecule has 1 aliphatic carbocycles. The Morgan fingerprint density at radius 1 is 1.33 bits per heavy atom. The highest BCUT2D eigenvalue weighted by atomic mass is 127. The van der Waals surface area contributed by atoms with Gasteiger partial charge in [-0.05, 0) is 53.4 Å². The highest BCUT2D eigenvalue weighted by Gasteiger charge is 2.33. The van der Waals surface area contributed by atoms with Crippen LogP contribution in [0.4, 0.5) is 4.79 Å². The molecule has 0 heterocycles. The molecule has 6 nitrogen and oxygen atoms in total. The zero-order valence-electron chi connectivity index (χ0n) is 13.6. The van der Waals surface area contributed by atoms with E-state index >= 15 is 0 Å². The normalized spacial score (nSPS) is 17.0.